The normalized spacial score (nSPS) is 16.8. The molecule has 33 heavy (non-hydrogen) atoms. The average molecular weight is 444 g/mol. The van der Waals surface area contributed by atoms with Crippen LogP contribution in [-0.4, -0.2) is 41.2 Å². The van der Waals surface area contributed by atoms with Crippen LogP contribution in [0.25, 0.3) is 22.2 Å². The van der Waals surface area contributed by atoms with Crippen molar-refractivity contribution in [3.8, 4) is 17.2 Å². The van der Waals surface area contributed by atoms with Gasteiger partial charge in [-0.25, -0.2) is 4.98 Å². The number of ether oxygens (including phenoxy) is 2. The summed E-state index contributed by atoms with van der Waals surface area (Å²) in [5, 5.41) is 2.13. The Kier molecular flexibility index (Phi) is 6.37. The average Bonchev–Trinajstić information content (AvgIpc) is 3.22. The Hall–Kier alpha value is -3.22. The number of aryl methyl sites for hydroxylation is 1. The molecule has 170 valence electrons. The summed E-state index contributed by atoms with van der Waals surface area (Å²) in [6.07, 6.45) is 6.07. The van der Waals surface area contributed by atoms with Crippen molar-refractivity contribution in [3.63, 3.8) is 0 Å². The summed E-state index contributed by atoms with van der Waals surface area (Å²) in [5.74, 6) is 2.37. The highest BCUT2D eigenvalue weighted by atomic mass is 16.5. The van der Waals surface area contributed by atoms with Crippen molar-refractivity contribution in [1.82, 2.24) is 14.9 Å². The maximum absolute atomic E-state index is 6.17. The van der Waals surface area contributed by atoms with E-state index < -0.39 is 0 Å². The van der Waals surface area contributed by atoms with Gasteiger partial charge in [0.1, 0.15) is 11.5 Å². The highest BCUT2D eigenvalue weighted by Gasteiger charge is 2.23. The number of likely N-dealkylation sites (tertiary alicyclic amines) is 1. The minimum Gasteiger partial charge on any atom is -0.496 e. The fourth-order valence-corrected chi connectivity index (χ4v) is 4.53. The summed E-state index contributed by atoms with van der Waals surface area (Å²) in [6, 6.07) is 16.2. The topological polar surface area (TPSA) is 60.6 Å². The molecule has 1 aliphatic rings. The van der Waals surface area contributed by atoms with Crippen LogP contribution in [0.4, 0.5) is 0 Å². The lowest BCUT2D eigenvalue weighted by molar-refractivity contribution is -0.0124. The summed E-state index contributed by atoms with van der Waals surface area (Å²) >= 11 is 0. The summed E-state index contributed by atoms with van der Waals surface area (Å²) in [6.45, 7) is 5.30. The lowest BCUT2D eigenvalue weighted by Crippen LogP contribution is -2.39. The van der Waals surface area contributed by atoms with E-state index in [0.29, 0.717) is 12.5 Å². The zero-order chi connectivity index (χ0) is 22.6. The molecule has 0 radical (unpaired) electrons. The lowest BCUT2D eigenvalue weighted by Gasteiger charge is -2.32. The van der Waals surface area contributed by atoms with Gasteiger partial charge in [-0.3, -0.25) is 9.88 Å². The number of fused-ring (bicyclic) bond motifs is 1. The minimum absolute atomic E-state index is 0.219. The van der Waals surface area contributed by atoms with E-state index in [1.165, 1.54) is 0 Å². The van der Waals surface area contributed by atoms with Crippen LogP contribution in [0.3, 0.4) is 0 Å². The number of rotatable bonds is 7. The van der Waals surface area contributed by atoms with Gasteiger partial charge in [0.05, 0.1) is 25.5 Å². The molecule has 1 saturated heterocycles. The largest absolute Gasteiger partial charge is 0.496 e. The number of benzene rings is 2. The van der Waals surface area contributed by atoms with Gasteiger partial charge in [-0.1, -0.05) is 30.3 Å². The van der Waals surface area contributed by atoms with Crippen LogP contribution < -0.4 is 4.74 Å². The quantitative estimate of drug-likeness (QED) is 0.382. The van der Waals surface area contributed by atoms with E-state index in [-0.39, 0.29) is 6.10 Å². The zero-order valence-corrected chi connectivity index (χ0v) is 19.2. The van der Waals surface area contributed by atoms with E-state index in [1.54, 1.807) is 13.3 Å². The third kappa shape index (κ3) is 4.77. The van der Waals surface area contributed by atoms with Gasteiger partial charge in [0.15, 0.2) is 0 Å². The van der Waals surface area contributed by atoms with Gasteiger partial charge < -0.3 is 13.9 Å². The Morgan fingerprint density at radius 1 is 1.09 bits per heavy atom. The van der Waals surface area contributed by atoms with Crippen LogP contribution in [0, 0.1) is 6.92 Å². The molecule has 4 aromatic rings. The molecule has 6 heteroatoms. The Morgan fingerprint density at radius 3 is 2.79 bits per heavy atom. The van der Waals surface area contributed by atoms with Crippen molar-refractivity contribution in [2.45, 2.75) is 39.0 Å². The third-order valence-electron chi connectivity index (χ3n) is 6.27. The molecule has 0 unspecified atom stereocenters. The molecule has 0 bridgehead atoms. The van der Waals surface area contributed by atoms with Crippen molar-refractivity contribution < 1.29 is 13.9 Å². The molecule has 1 atom stereocenters. The number of oxazole rings is 1. The second-order valence-electron chi connectivity index (χ2n) is 8.55. The SMILES string of the molecule is COc1ccc(-c2nc(CN3CCC[C@H](OCc4cccnc4)C3)c(C)o2)c2ccccc12. The van der Waals surface area contributed by atoms with E-state index in [1.807, 2.05) is 43.5 Å². The smallest absolute Gasteiger partial charge is 0.227 e. The molecule has 1 aliphatic heterocycles. The van der Waals surface area contributed by atoms with Crippen molar-refractivity contribution in [2.75, 3.05) is 20.2 Å². The highest BCUT2D eigenvalue weighted by molar-refractivity contribution is 5.98. The van der Waals surface area contributed by atoms with Gasteiger partial charge in [0.25, 0.3) is 0 Å². The van der Waals surface area contributed by atoms with E-state index in [4.69, 9.17) is 18.9 Å². The number of hydrogen-bond acceptors (Lipinski definition) is 6. The van der Waals surface area contributed by atoms with Gasteiger partial charge in [0.2, 0.25) is 5.89 Å². The second kappa shape index (κ2) is 9.73. The van der Waals surface area contributed by atoms with Crippen molar-refractivity contribution in [2.24, 2.45) is 0 Å². The van der Waals surface area contributed by atoms with Gasteiger partial charge in [-0.15, -0.1) is 0 Å². The van der Waals surface area contributed by atoms with Crippen LogP contribution in [0.15, 0.2) is 65.3 Å². The number of piperidine rings is 1. The van der Waals surface area contributed by atoms with Crippen LogP contribution in [0.5, 0.6) is 5.75 Å². The summed E-state index contributed by atoms with van der Waals surface area (Å²) in [5.41, 5.74) is 3.08. The molecule has 6 nitrogen and oxygen atoms in total. The van der Waals surface area contributed by atoms with Gasteiger partial charge in [-0.05, 0) is 55.5 Å². The predicted molar refractivity (Wildman–Crippen MR) is 128 cm³/mol. The van der Waals surface area contributed by atoms with Crippen LogP contribution in [0.2, 0.25) is 0 Å². The Bertz CT molecular complexity index is 1220. The Labute approximate surface area is 194 Å². The fourth-order valence-electron chi connectivity index (χ4n) is 4.53. The van der Waals surface area contributed by atoms with Crippen molar-refractivity contribution >= 4 is 10.8 Å². The summed E-state index contributed by atoms with van der Waals surface area (Å²) < 4.78 is 17.8. The Morgan fingerprint density at radius 2 is 1.97 bits per heavy atom. The second-order valence-corrected chi connectivity index (χ2v) is 8.55. The first-order valence-electron chi connectivity index (χ1n) is 11.5. The molecule has 0 N–H and O–H groups in total. The number of hydrogen-bond donors (Lipinski definition) is 0. The van der Waals surface area contributed by atoms with Crippen LogP contribution in [-0.2, 0) is 17.9 Å². The van der Waals surface area contributed by atoms with E-state index in [2.05, 4.69) is 28.1 Å². The van der Waals surface area contributed by atoms with Gasteiger partial charge in [0, 0.05) is 36.4 Å². The molecular formula is C27H29N3O3. The molecule has 0 saturated carbocycles. The number of methoxy groups -OCH3 is 1. The van der Waals surface area contributed by atoms with Crippen molar-refractivity contribution in [1.29, 1.82) is 0 Å². The molecule has 2 aromatic carbocycles. The fraction of sp³-hybridized carbons (Fsp3) is 0.333. The van der Waals surface area contributed by atoms with Gasteiger partial charge in [-0.2, -0.15) is 0 Å². The molecule has 3 heterocycles. The molecular weight excluding hydrogens is 414 g/mol. The molecule has 2 aromatic heterocycles. The number of nitrogens with zero attached hydrogens (tertiary/aromatic N) is 3. The van der Waals surface area contributed by atoms with Gasteiger partial charge >= 0.3 is 0 Å². The maximum Gasteiger partial charge on any atom is 0.227 e. The molecule has 5 rings (SSSR count). The van der Waals surface area contributed by atoms with E-state index in [9.17, 15) is 0 Å². The first kappa shape index (κ1) is 21.6. The number of pyridine rings is 1. The molecule has 1 fully saturated rings. The molecule has 0 amide bonds. The van der Waals surface area contributed by atoms with Crippen LogP contribution in [0.1, 0.15) is 29.9 Å². The monoisotopic (exact) mass is 443 g/mol. The first-order chi connectivity index (χ1) is 16.2. The molecule has 0 aliphatic carbocycles. The minimum atomic E-state index is 0.219. The third-order valence-corrected chi connectivity index (χ3v) is 6.27. The van der Waals surface area contributed by atoms with E-state index in [0.717, 1.165) is 71.6 Å². The lowest BCUT2D eigenvalue weighted by atomic mass is 10.0. The molecule has 0 spiro atoms. The first-order valence-corrected chi connectivity index (χ1v) is 11.5. The number of aromatic nitrogens is 2. The summed E-state index contributed by atoms with van der Waals surface area (Å²) in [7, 11) is 1.70. The maximum atomic E-state index is 6.17. The van der Waals surface area contributed by atoms with Crippen molar-refractivity contribution in [3.05, 3.63) is 77.9 Å². The van der Waals surface area contributed by atoms with Crippen LogP contribution >= 0.6 is 0 Å². The Balaban J connectivity index is 1.30. The predicted octanol–water partition coefficient (Wildman–Crippen LogP) is 5.39. The highest BCUT2D eigenvalue weighted by Crippen LogP contribution is 2.35. The van der Waals surface area contributed by atoms with E-state index >= 15 is 0 Å². The standard InChI is InChI=1S/C27H29N3O3/c1-19-25(17-30-14-6-8-21(16-30)32-18-20-7-5-13-28-15-20)29-27(33-19)24-11-12-26(31-2)23-10-4-3-9-22(23)24/h3-5,7,9-13,15,21H,6,8,14,16-18H2,1-2H3/t21-/m0/s1. The summed E-state index contributed by atoms with van der Waals surface area (Å²) in [4.78, 5) is 11.5. The zero-order valence-electron chi connectivity index (χ0n) is 19.2.